The van der Waals surface area contributed by atoms with Gasteiger partial charge < -0.3 is 10.1 Å². The number of aldehydes is 1. The second-order valence-corrected chi connectivity index (χ2v) is 5.76. The van der Waals surface area contributed by atoms with E-state index in [1.54, 1.807) is 0 Å². The SMILES string of the molecule is CC.CC.CC=O.CNCc1cccc(-c2ccc(CC(C)C)cc2)c1. The van der Waals surface area contributed by atoms with Gasteiger partial charge in [-0.25, -0.2) is 0 Å². The normalized spacial score (nSPS) is 8.96. The van der Waals surface area contributed by atoms with E-state index in [0.29, 0.717) is 5.92 Å². The van der Waals surface area contributed by atoms with Crippen molar-refractivity contribution in [2.45, 2.75) is 61.4 Å². The van der Waals surface area contributed by atoms with E-state index in [1.165, 1.54) is 29.2 Å². The average Bonchev–Trinajstić information content (AvgIpc) is 2.66. The Hall–Kier alpha value is -1.93. The second kappa shape index (κ2) is 17.9. The molecule has 146 valence electrons. The number of nitrogens with one attached hydrogen (secondary N) is 1. The molecular formula is C24H39NO. The van der Waals surface area contributed by atoms with Crippen LogP contribution in [0.3, 0.4) is 0 Å². The highest BCUT2D eigenvalue weighted by molar-refractivity contribution is 5.64. The largest absolute Gasteiger partial charge is 0.316 e. The van der Waals surface area contributed by atoms with Crippen LogP contribution in [0.25, 0.3) is 11.1 Å². The average molecular weight is 358 g/mol. The molecule has 1 N–H and O–H groups in total. The van der Waals surface area contributed by atoms with Crippen LogP contribution in [0.5, 0.6) is 0 Å². The van der Waals surface area contributed by atoms with Crippen molar-refractivity contribution in [1.29, 1.82) is 0 Å². The predicted octanol–water partition coefficient (Wildman–Crippen LogP) is 6.53. The van der Waals surface area contributed by atoms with E-state index in [4.69, 9.17) is 4.79 Å². The maximum atomic E-state index is 8.81. The summed E-state index contributed by atoms with van der Waals surface area (Å²) in [7, 11) is 1.98. The zero-order chi connectivity index (χ0) is 20.4. The maximum Gasteiger partial charge on any atom is 0.116 e. The van der Waals surface area contributed by atoms with E-state index in [-0.39, 0.29) is 0 Å². The van der Waals surface area contributed by atoms with Gasteiger partial charge in [-0.3, -0.25) is 0 Å². The van der Waals surface area contributed by atoms with Crippen LogP contribution in [-0.4, -0.2) is 13.3 Å². The minimum Gasteiger partial charge on any atom is -0.316 e. The number of carbonyl (C=O) groups is 1. The van der Waals surface area contributed by atoms with Crippen molar-refractivity contribution >= 4 is 6.29 Å². The lowest BCUT2D eigenvalue weighted by molar-refractivity contribution is -0.106. The van der Waals surface area contributed by atoms with Gasteiger partial charge in [-0.05, 0) is 54.6 Å². The van der Waals surface area contributed by atoms with Crippen molar-refractivity contribution in [1.82, 2.24) is 5.32 Å². The molecule has 0 unspecified atom stereocenters. The van der Waals surface area contributed by atoms with Gasteiger partial charge in [0.25, 0.3) is 0 Å². The summed E-state index contributed by atoms with van der Waals surface area (Å²) in [4.78, 5) is 8.81. The van der Waals surface area contributed by atoms with Crippen LogP contribution in [0.4, 0.5) is 0 Å². The van der Waals surface area contributed by atoms with Crippen molar-refractivity contribution < 1.29 is 4.79 Å². The van der Waals surface area contributed by atoms with Crippen LogP contribution in [0.1, 0.15) is 59.6 Å². The van der Waals surface area contributed by atoms with Crippen molar-refractivity contribution in [2.24, 2.45) is 5.92 Å². The Morgan fingerprint density at radius 2 is 1.42 bits per heavy atom. The highest BCUT2D eigenvalue weighted by atomic mass is 16.1. The van der Waals surface area contributed by atoms with Crippen molar-refractivity contribution in [3.63, 3.8) is 0 Å². The Labute approximate surface area is 162 Å². The molecule has 0 fully saturated rings. The molecule has 0 atom stereocenters. The van der Waals surface area contributed by atoms with Gasteiger partial charge in [-0.1, -0.05) is 84.0 Å². The molecular weight excluding hydrogens is 318 g/mol. The van der Waals surface area contributed by atoms with E-state index in [0.717, 1.165) is 19.3 Å². The van der Waals surface area contributed by atoms with Crippen LogP contribution in [0.2, 0.25) is 0 Å². The summed E-state index contributed by atoms with van der Waals surface area (Å²) in [5, 5.41) is 3.19. The summed E-state index contributed by atoms with van der Waals surface area (Å²) >= 11 is 0. The zero-order valence-corrected chi connectivity index (χ0v) is 18.1. The summed E-state index contributed by atoms with van der Waals surface area (Å²) in [5.41, 5.74) is 5.34. The summed E-state index contributed by atoms with van der Waals surface area (Å²) < 4.78 is 0. The lowest BCUT2D eigenvalue weighted by atomic mass is 9.98. The van der Waals surface area contributed by atoms with Gasteiger partial charge in [0.1, 0.15) is 6.29 Å². The number of carbonyl (C=O) groups excluding carboxylic acids is 1. The first-order valence-corrected chi connectivity index (χ1v) is 9.83. The molecule has 0 aliphatic heterocycles. The molecule has 26 heavy (non-hydrogen) atoms. The Balaban J connectivity index is 0. The topological polar surface area (TPSA) is 29.1 Å². The molecule has 0 spiro atoms. The Kier molecular flexibility index (Phi) is 18.1. The van der Waals surface area contributed by atoms with Crippen LogP contribution in [0, 0.1) is 5.92 Å². The first-order chi connectivity index (χ1) is 12.6. The molecule has 0 aliphatic rings. The smallest absolute Gasteiger partial charge is 0.116 e. The van der Waals surface area contributed by atoms with Gasteiger partial charge in [0.05, 0.1) is 0 Å². The number of rotatable bonds is 5. The second-order valence-electron chi connectivity index (χ2n) is 5.76. The number of benzene rings is 2. The first kappa shape index (κ1) is 26.3. The molecule has 0 saturated carbocycles. The minimum absolute atomic E-state index is 0.713. The van der Waals surface area contributed by atoms with Crippen molar-refractivity contribution in [2.75, 3.05) is 7.05 Å². The maximum absolute atomic E-state index is 8.81. The molecule has 0 radical (unpaired) electrons. The fourth-order valence-corrected chi connectivity index (χ4v) is 2.37. The molecule has 2 heteroatoms. The molecule has 0 amide bonds. The summed E-state index contributed by atoms with van der Waals surface area (Å²) in [5.74, 6) is 0.713. The summed E-state index contributed by atoms with van der Waals surface area (Å²) in [6, 6.07) is 17.7. The highest BCUT2D eigenvalue weighted by Crippen LogP contribution is 2.21. The fraction of sp³-hybridized carbons (Fsp3) is 0.458. The molecule has 0 aliphatic carbocycles. The number of hydrogen-bond acceptors (Lipinski definition) is 2. The lowest BCUT2D eigenvalue weighted by Gasteiger charge is -2.08. The van der Waals surface area contributed by atoms with Crippen LogP contribution >= 0.6 is 0 Å². The first-order valence-electron chi connectivity index (χ1n) is 9.83. The third-order valence-corrected chi connectivity index (χ3v) is 3.24. The third kappa shape index (κ3) is 11.6. The molecule has 2 aromatic rings. The monoisotopic (exact) mass is 357 g/mol. The van der Waals surface area contributed by atoms with E-state index in [1.807, 2.05) is 34.7 Å². The molecule has 2 nitrogen and oxygen atoms in total. The Bertz CT molecular complexity index is 559. The Morgan fingerprint density at radius 1 is 0.885 bits per heavy atom. The number of hydrogen-bond donors (Lipinski definition) is 1. The van der Waals surface area contributed by atoms with Crippen molar-refractivity contribution in [3.8, 4) is 11.1 Å². The molecule has 0 aromatic heterocycles. The third-order valence-electron chi connectivity index (χ3n) is 3.24. The van der Waals surface area contributed by atoms with Crippen LogP contribution < -0.4 is 5.32 Å². The van der Waals surface area contributed by atoms with Crippen LogP contribution in [0.15, 0.2) is 48.5 Å². The van der Waals surface area contributed by atoms with Gasteiger partial charge in [0.2, 0.25) is 0 Å². The molecule has 0 saturated heterocycles. The predicted molar refractivity (Wildman–Crippen MR) is 118 cm³/mol. The van der Waals surface area contributed by atoms with Crippen LogP contribution in [-0.2, 0) is 17.8 Å². The summed E-state index contributed by atoms with van der Waals surface area (Å²) in [6.45, 7) is 14.9. The quantitative estimate of drug-likeness (QED) is 0.616. The van der Waals surface area contributed by atoms with Gasteiger partial charge in [0, 0.05) is 6.54 Å². The van der Waals surface area contributed by atoms with Gasteiger partial charge in [-0.2, -0.15) is 0 Å². The van der Waals surface area contributed by atoms with Gasteiger partial charge in [-0.15, -0.1) is 0 Å². The minimum atomic E-state index is 0.713. The van der Waals surface area contributed by atoms with Crippen molar-refractivity contribution in [3.05, 3.63) is 59.7 Å². The van der Waals surface area contributed by atoms with Gasteiger partial charge >= 0.3 is 0 Å². The molecule has 0 bridgehead atoms. The standard InChI is InChI=1S/C18H23N.C2H4O.2C2H6/c1-14(2)11-15-7-9-17(10-8-15)18-6-4-5-16(12-18)13-19-3;1-2-3;2*1-2/h4-10,12,14,19H,11,13H2,1-3H3;2H,1H3;2*1-2H3. The van der Waals surface area contributed by atoms with E-state index >= 15 is 0 Å². The molecule has 0 heterocycles. The van der Waals surface area contributed by atoms with Gasteiger partial charge in [0.15, 0.2) is 0 Å². The van der Waals surface area contributed by atoms with E-state index in [2.05, 4.69) is 67.7 Å². The zero-order valence-electron chi connectivity index (χ0n) is 18.1. The van der Waals surface area contributed by atoms with E-state index in [9.17, 15) is 0 Å². The fourth-order valence-electron chi connectivity index (χ4n) is 2.37. The molecule has 2 aromatic carbocycles. The van der Waals surface area contributed by atoms with E-state index < -0.39 is 0 Å². The Morgan fingerprint density at radius 3 is 1.88 bits per heavy atom. The lowest BCUT2D eigenvalue weighted by Crippen LogP contribution is -2.04. The molecule has 2 rings (SSSR count). The highest BCUT2D eigenvalue weighted by Gasteiger charge is 2.01. The summed E-state index contributed by atoms with van der Waals surface area (Å²) in [6.07, 6.45) is 1.90.